The molecular weight excluding hydrogens is 293 g/mol. The Kier molecular flexibility index (Phi) is 5.00. The number of benzene rings is 1. The molecule has 112 valence electrons. The van der Waals surface area contributed by atoms with Gasteiger partial charge in [0.25, 0.3) is 0 Å². The molecule has 0 aliphatic rings. The fraction of sp³-hybridized carbons (Fsp3) is 0.214. The molecule has 2 N–H and O–H groups in total. The van der Waals surface area contributed by atoms with Gasteiger partial charge in [-0.3, -0.25) is 4.98 Å². The molecule has 21 heavy (non-hydrogen) atoms. The molecule has 2 rings (SSSR count). The van der Waals surface area contributed by atoms with E-state index in [2.05, 4.69) is 15.0 Å². The molecule has 1 heterocycles. The molecule has 0 spiro atoms. The van der Waals surface area contributed by atoms with Crippen molar-refractivity contribution in [3.8, 4) is 0 Å². The molecule has 0 radical (unpaired) electrons. The highest BCUT2D eigenvalue weighted by atomic mass is 32.2. The molecule has 0 atom stereocenters. The summed E-state index contributed by atoms with van der Waals surface area (Å²) >= 11 is 0. The summed E-state index contributed by atoms with van der Waals surface area (Å²) in [6.07, 6.45) is 3.13. The van der Waals surface area contributed by atoms with Gasteiger partial charge >= 0.3 is 0 Å². The number of aromatic nitrogens is 1. The number of rotatable bonds is 6. The summed E-state index contributed by atoms with van der Waals surface area (Å²) in [6.45, 7) is 0.549. The van der Waals surface area contributed by atoms with E-state index < -0.39 is 15.8 Å². The van der Waals surface area contributed by atoms with Crippen LogP contribution in [-0.4, -0.2) is 20.4 Å². The van der Waals surface area contributed by atoms with E-state index in [1.165, 1.54) is 6.07 Å². The molecule has 0 saturated carbocycles. The van der Waals surface area contributed by atoms with Gasteiger partial charge in [-0.25, -0.2) is 17.5 Å². The summed E-state index contributed by atoms with van der Waals surface area (Å²) in [5.41, 5.74) is 1.45. The normalized spacial score (nSPS) is 11.5. The number of hydrogen-bond donors (Lipinski definition) is 2. The zero-order valence-electron chi connectivity index (χ0n) is 11.5. The Morgan fingerprint density at radius 3 is 2.48 bits per heavy atom. The fourth-order valence-electron chi connectivity index (χ4n) is 1.82. The van der Waals surface area contributed by atoms with Gasteiger partial charge in [0, 0.05) is 25.5 Å². The van der Waals surface area contributed by atoms with E-state index in [4.69, 9.17) is 0 Å². The van der Waals surface area contributed by atoms with E-state index in [0.717, 1.165) is 11.6 Å². The molecule has 0 unspecified atom stereocenters. The minimum absolute atomic E-state index is 0.0839. The van der Waals surface area contributed by atoms with Crippen molar-refractivity contribution >= 4 is 10.0 Å². The third-order valence-corrected chi connectivity index (χ3v) is 4.30. The topological polar surface area (TPSA) is 71.1 Å². The molecule has 1 aromatic heterocycles. The van der Waals surface area contributed by atoms with E-state index in [9.17, 15) is 12.8 Å². The maximum Gasteiger partial charge on any atom is 0.243 e. The van der Waals surface area contributed by atoms with Crippen LogP contribution in [0.2, 0.25) is 0 Å². The standard InChI is InChI=1S/C14H16FN3O2S/c1-16-9-12-2-3-13(15)14(8-12)21(19,20)18-10-11-4-6-17-7-5-11/h2-8,16,18H,9-10H2,1H3. The predicted molar refractivity (Wildman–Crippen MR) is 77.4 cm³/mol. The highest BCUT2D eigenvalue weighted by Gasteiger charge is 2.19. The van der Waals surface area contributed by atoms with E-state index in [1.807, 2.05) is 0 Å². The summed E-state index contributed by atoms with van der Waals surface area (Å²) in [6, 6.07) is 7.43. The van der Waals surface area contributed by atoms with Crippen LogP contribution in [0.3, 0.4) is 0 Å². The monoisotopic (exact) mass is 309 g/mol. The molecular formula is C14H16FN3O2S. The van der Waals surface area contributed by atoms with Gasteiger partial charge in [-0.15, -0.1) is 0 Å². The Balaban J connectivity index is 2.21. The molecule has 0 aliphatic heterocycles. The van der Waals surface area contributed by atoms with Gasteiger partial charge in [-0.05, 0) is 42.4 Å². The molecule has 5 nitrogen and oxygen atoms in total. The average Bonchev–Trinajstić information content (AvgIpc) is 2.48. The maximum atomic E-state index is 13.8. The van der Waals surface area contributed by atoms with Crippen molar-refractivity contribution in [3.63, 3.8) is 0 Å². The number of hydrogen-bond acceptors (Lipinski definition) is 4. The maximum absolute atomic E-state index is 13.8. The van der Waals surface area contributed by atoms with Crippen LogP contribution in [0.4, 0.5) is 4.39 Å². The first-order valence-electron chi connectivity index (χ1n) is 6.34. The van der Waals surface area contributed by atoms with Crippen molar-refractivity contribution in [2.24, 2.45) is 0 Å². The molecule has 1 aromatic carbocycles. The lowest BCUT2D eigenvalue weighted by Gasteiger charge is -2.09. The van der Waals surface area contributed by atoms with E-state index in [1.54, 1.807) is 37.6 Å². The van der Waals surface area contributed by atoms with Gasteiger partial charge in [0.05, 0.1) is 0 Å². The largest absolute Gasteiger partial charge is 0.316 e. The van der Waals surface area contributed by atoms with Gasteiger partial charge in [0.2, 0.25) is 10.0 Å². The van der Waals surface area contributed by atoms with Crippen LogP contribution >= 0.6 is 0 Å². The summed E-state index contributed by atoms with van der Waals surface area (Å²) in [4.78, 5) is 3.51. The lowest BCUT2D eigenvalue weighted by molar-refractivity contribution is 0.555. The molecule has 0 saturated heterocycles. The highest BCUT2D eigenvalue weighted by molar-refractivity contribution is 7.89. The summed E-state index contributed by atoms with van der Waals surface area (Å²) in [5, 5.41) is 2.90. The molecule has 0 amide bonds. The molecule has 0 bridgehead atoms. The number of nitrogens with one attached hydrogen (secondary N) is 2. The zero-order chi connectivity index (χ0) is 15.3. The lowest BCUT2D eigenvalue weighted by atomic mass is 10.2. The van der Waals surface area contributed by atoms with Crippen molar-refractivity contribution in [2.75, 3.05) is 7.05 Å². The molecule has 7 heteroatoms. The summed E-state index contributed by atoms with van der Waals surface area (Å²) in [5.74, 6) is -0.767. The third kappa shape index (κ3) is 4.07. The third-order valence-electron chi connectivity index (χ3n) is 2.88. The second-order valence-corrected chi connectivity index (χ2v) is 6.21. The van der Waals surface area contributed by atoms with Crippen LogP contribution in [0.15, 0.2) is 47.6 Å². The Labute approximate surface area is 123 Å². The van der Waals surface area contributed by atoms with E-state index in [-0.39, 0.29) is 11.4 Å². The average molecular weight is 309 g/mol. The molecule has 0 fully saturated rings. The quantitative estimate of drug-likeness (QED) is 0.846. The number of halogens is 1. The van der Waals surface area contributed by atoms with Crippen LogP contribution in [0, 0.1) is 5.82 Å². The van der Waals surface area contributed by atoms with E-state index in [0.29, 0.717) is 12.1 Å². The van der Waals surface area contributed by atoms with Crippen molar-refractivity contribution < 1.29 is 12.8 Å². The first kappa shape index (κ1) is 15.6. The van der Waals surface area contributed by atoms with Crippen LogP contribution in [0.1, 0.15) is 11.1 Å². The highest BCUT2D eigenvalue weighted by Crippen LogP contribution is 2.16. The number of sulfonamides is 1. The summed E-state index contributed by atoms with van der Waals surface area (Å²) < 4.78 is 40.6. The Bertz CT molecular complexity index is 705. The van der Waals surface area contributed by atoms with Crippen LogP contribution < -0.4 is 10.0 Å². The van der Waals surface area contributed by atoms with Crippen molar-refractivity contribution in [1.82, 2.24) is 15.0 Å². The van der Waals surface area contributed by atoms with Crippen LogP contribution in [0.25, 0.3) is 0 Å². The second-order valence-electron chi connectivity index (χ2n) is 4.48. The van der Waals surface area contributed by atoms with Gasteiger partial charge in [0.1, 0.15) is 10.7 Å². The Morgan fingerprint density at radius 1 is 1.10 bits per heavy atom. The van der Waals surface area contributed by atoms with Gasteiger partial charge in [0.15, 0.2) is 0 Å². The zero-order valence-corrected chi connectivity index (χ0v) is 12.3. The predicted octanol–water partition coefficient (Wildman–Crippen LogP) is 1.42. The van der Waals surface area contributed by atoms with Crippen molar-refractivity contribution in [1.29, 1.82) is 0 Å². The first-order chi connectivity index (χ1) is 10.0. The Morgan fingerprint density at radius 2 is 1.81 bits per heavy atom. The molecule has 2 aromatic rings. The number of nitrogens with zero attached hydrogens (tertiary/aromatic N) is 1. The molecule has 0 aliphatic carbocycles. The van der Waals surface area contributed by atoms with Crippen LogP contribution in [0.5, 0.6) is 0 Å². The minimum Gasteiger partial charge on any atom is -0.316 e. The Hall–Kier alpha value is -1.83. The second kappa shape index (κ2) is 6.75. The van der Waals surface area contributed by atoms with E-state index >= 15 is 0 Å². The smallest absolute Gasteiger partial charge is 0.243 e. The first-order valence-corrected chi connectivity index (χ1v) is 7.83. The van der Waals surface area contributed by atoms with Crippen molar-refractivity contribution in [3.05, 3.63) is 59.7 Å². The van der Waals surface area contributed by atoms with Gasteiger partial charge < -0.3 is 5.32 Å². The van der Waals surface area contributed by atoms with Crippen LogP contribution in [-0.2, 0) is 23.1 Å². The summed E-state index contributed by atoms with van der Waals surface area (Å²) in [7, 11) is -2.17. The van der Waals surface area contributed by atoms with Gasteiger partial charge in [-0.2, -0.15) is 0 Å². The SMILES string of the molecule is CNCc1ccc(F)c(S(=O)(=O)NCc2ccncc2)c1. The lowest BCUT2D eigenvalue weighted by Crippen LogP contribution is -2.24. The fourth-order valence-corrected chi connectivity index (χ4v) is 2.97. The van der Waals surface area contributed by atoms with Crippen molar-refractivity contribution in [2.45, 2.75) is 18.0 Å². The number of pyridine rings is 1. The minimum atomic E-state index is -3.90. The van der Waals surface area contributed by atoms with Gasteiger partial charge in [-0.1, -0.05) is 6.07 Å².